The molecule has 2 heterocycles. The molecule has 0 bridgehead atoms. The van der Waals surface area contributed by atoms with Crippen LogP contribution in [-0.2, 0) is 24.2 Å². The van der Waals surface area contributed by atoms with Crippen LogP contribution in [0.4, 0.5) is 0 Å². The normalized spacial score (nSPS) is 19.2. The second kappa shape index (κ2) is 8.63. The number of hydrogen-bond acceptors (Lipinski definition) is 5. The van der Waals surface area contributed by atoms with Crippen molar-refractivity contribution >= 4 is 33.3 Å². The Bertz CT molecular complexity index is 1110. The van der Waals surface area contributed by atoms with E-state index < -0.39 is 9.84 Å². The lowest BCUT2D eigenvalue weighted by Crippen LogP contribution is -2.48. The van der Waals surface area contributed by atoms with Crippen LogP contribution in [-0.4, -0.2) is 51.1 Å². The highest BCUT2D eigenvalue weighted by molar-refractivity contribution is 7.90. The summed E-state index contributed by atoms with van der Waals surface area (Å²) in [6.07, 6.45) is 2.72. The molecule has 6 nitrogen and oxygen atoms in total. The third-order valence-corrected chi connectivity index (χ3v) is 7.42. The summed E-state index contributed by atoms with van der Waals surface area (Å²) < 4.78 is 28.3. The first-order valence-corrected chi connectivity index (χ1v) is 12.5. The number of esters is 1. The molecule has 1 atom stereocenters. The highest BCUT2D eigenvalue weighted by atomic mass is 35.5. The second-order valence-electron chi connectivity index (χ2n) is 8.32. The average molecular weight is 462 g/mol. The Kier molecular flexibility index (Phi) is 6.08. The molecule has 0 spiro atoms. The molecular weight excluding hydrogens is 438 g/mol. The van der Waals surface area contributed by atoms with E-state index in [1.54, 1.807) is 12.1 Å². The van der Waals surface area contributed by atoms with Gasteiger partial charge in [-0.2, -0.15) is 0 Å². The van der Waals surface area contributed by atoms with E-state index in [1.807, 2.05) is 29.2 Å². The van der Waals surface area contributed by atoms with Crippen LogP contribution < -0.4 is 0 Å². The second-order valence-corrected chi connectivity index (χ2v) is 10.7. The van der Waals surface area contributed by atoms with Crippen molar-refractivity contribution in [3.8, 4) is 11.1 Å². The molecule has 2 aromatic carbocycles. The standard InChI is InChI=1S/C23H24ClNO5S/c1-31(28,29)19-7-8-20(21(24)11-19)17-5-3-16(4-6-17)18-12-25(13-18)22(26)9-2-15-10-23(27)30-14-15/h3-8,11,15,18H,2,9-10,12-14H2,1H3/t15-/m0/s1. The fourth-order valence-electron chi connectivity index (χ4n) is 4.02. The number of amides is 1. The molecule has 0 saturated carbocycles. The summed E-state index contributed by atoms with van der Waals surface area (Å²) >= 11 is 6.31. The Morgan fingerprint density at radius 3 is 2.45 bits per heavy atom. The molecule has 164 valence electrons. The first kappa shape index (κ1) is 21.8. The maximum atomic E-state index is 12.4. The van der Waals surface area contributed by atoms with E-state index in [0.29, 0.717) is 49.9 Å². The van der Waals surface area contributed by atoms with Crippen LogP contribution in [0.25, 0.3) is 11.1 Å². The van der Waals surface area contributed by atoms with Gasteiger partial charge in [0.25, 0.3) is 0 Å². The zero-order valence-corrected chi connectivity index (χ0v) is 18.8. The highest BCUT2D eigenvalue weighted by Crippen LogP contribution is 2.33. The number of ether oxygens (including phenoxy) is 1. The van der Waals surface area contributed by atoms with Crippen molar-refractivity contribution in [1.82, 2.24) is 4.90 Å². The lowest BCUT2D eigenvalue weighted by Gasteiger charge is -2.40. The summed E-state index contributed by atoms with van der Waals surface area (Å²) in [6.45, 7) is 1.83. The average Bonchev–Trinajstić information content (AvgIpc) is 3.10. The molecule has 1 amide bonds. The number of halogens is 1. The number of cyclic esters (lactones) is 1. The van der Waals surface area contributed by atoms with Gasteiger partial charge in [0, 0.05) is 48.2 Å². The Balaban J connectivity index is 1.32. The third kappa shape index (κ3) is 4.93. The lowest BCUT2D eigenvalue weighted by atomic mass is 9.89. The molecule has 8 heteroatoms. The van der Waals surface area contributed by atoms with E-state index in [2.05, 4.69) is 0 Å². The van der Waals surface area contributed by atoms with Gasteiger partial charge in [-0.1, -0.05) is 41.9 Å². The van der Waals surface area contributed by atoms with Gasteiger partial charge in [0.15, 0.2) is 9.84 Å². The summed E-state index contributed by atoms with van der Waals surface area (Å²) in [5.41, 5.74) is 2.85. The number of nitrogens with zero attached hydrogens (tertiary/aromatic N) is 1. The maximum Gasteiger partial charge on any atom is 0.306 e. The summed E-state index contributed by atoms with van der Waals surface area (Å²) in [5.74, 6) is 0.430. The van der Waals surface area contributed by atoms with Gasteiger partial charge >= 0.3 is 5.97 Å². The van der Waals surface area contributed by atoms with E-state index in [1.165, 1.54) is 6.07 Å². The van der Waals surface area contributed by atoms with E-state index in [9.17, 15) is 18.0 Å². The summed E-state index contributed by atoms with van der Waals surface area (Å²) in [4.78, 5) is 25.6. The van der Waals surface area contributed by atoms with Gasteiger partial charge in [-0.3, -0.25) is 9.59 Å². The molecule has 2 aliphatic rings. The molecule has 2 aliphatic heterocycles. The number of carbonyl (C=O) groups is 2. The highest BCUT2D eigenvalue weighted by Gasteiger charge is 2.32. The number of carbonyl (C=O) groups excluding carboxylic acids is 2. The Morgan fingerprint density at radius 1 is 1.16 bits per heavy atom. The van der Waals surface area contributed by atoms with Crippen LogP contribution in [0.5, 0.6) is 0 Å². The number of rotatable bonds is 6. The van der Waals surface area contributed by atoms with E-state index >= 15 is 0 Å². The quantitative estimate of drug-likeness (QED) is 0.613. The van der Waals surface area contributed by atoms with Gasteiger partial charge in [0.1, 0.15) is 0 Å². The van der Waals surface area contributed by atoms with E-state index in [4.69, 9.17) is 16.3 Å². The van der Waals surface area contributed by atoms with Crippen LogP contribution in [0.2, 0.25) is 5.02 Å². The Morgan fingerprint density at radius 2 is 1.87 bits per heavy atom. The minimum Gasteiger partial charge on any atom is -0.465 e. The molecule has 2 aromatic rings. The van der Waals surface area contributed by atoms with Gasteiger partial charge in [-0.15, -0.1) is 0 Å². The van der Waals surface area contributed by atoms with Crippen molar-refractivity contribution in [3.63, 3.8) is 0 Å². The number of sulfone groups is 1. The Labute approximate surface area is 187 Å². The first-order chi connectivity index (χ1) is 14.7. The van der Waals surface area contributed by atoms with Gasteiger partial charge in [0.05, 0.1) is 17.9 Å². The monoisotopic (exact) mass is 461 g/mol. The molecule has 0 aliphatic carbocycles. The predicted molar refractivity (Wildman–Crippen MR) is 118 cm³/mol. The van der Waals surface area contributed by atoms with Crippen molar-refractivity contribution in [2.45, 2.75) is 30.1 Å². The molecule has 2 saturated heterocycles. The molecule has 0 aromatic heterocycles. The minimum atomic E-state index is -3.30. The molecule has 0 unspecified atom stereocenters. The fraction of sp³-hybridized carbons (Fsp3) is 0.391. The van der Waals surface area contributed by atoms with Gasteiger partial charge in [-0.05, 0) is 29.7 Å². The van der Waals surface area contributed by atoms with Crippen LogP contribution in [0.15, 0.2) is 47.4 Å². The van der Waals surface area contributed by atoms with Crippen molar-refractivity contribution in [3.05, 3.63) is 53.1 Å². The molecule has 31 heavy (non-hydrogen) atoms. The summed E-state index contributed by atoms with van der Waals surface area (Å²) in [6, 6.07) is 12.8. The molecule has 0 N–H and O–H groups in total. The minimum absolute atomic E-state index is 0.130. The number of hydrogen-bond donors (Lipinski definition) is 0. The largest absolute Gasteiger partial charge is 0.465 e. The topological polar surface area (TPSA) is 80.8 Å². The van der Waals surface area contributed by atoms with E-state index in [-0.39, 0.29) is 22.7 Å². The maximum absolute atomic E-state index is 12.4. The zero-order chi connectivity index (χ0) is 22.2. The van der Waals surface area contributed by atoms with Crippen molar-refractivity contribution < 1.29 is 22.7 Å². The fourth-order valence-corrected chi connectivity index (χ4v) is 5.03. The van der Waals surface area contributed by atoms with Crippen LogP contribution >= 0.6 is 11.6 Å². The van der Waals surface area contributed by atoms with Crippen LogP contribution in [0.3, 0.4) is 0 Å². The summed E-state index contributed by atoms with van der Waals surface area (Å²) in [7, 11) is -3.30. The van der Waals surface area contributed by atoms with Crippen molar-refractivity contribution in [2.24, 2.45) is 5.92 Å². The smallest absolute Gasteiger partial charge is 0.306 e. The van der Waals surface area contributed by atoms with E-state index in [0.717, 1.165) is 22.9 Å². The van der Waals surface area contributed by atoms with Gasteiger partial charge in [0.2, 0.25) is 5.91 Å². The first-order valence-electron chi connectivity index (χ1n) is 10.2. The van der Waals surface area contributed by atoms with Crippen molar-refractivity contribution in [2.75, 3.05) is 26.0 Å². The van der Waals surface area contributed by atoms with Gasteiger partial charge in [-0.25, -0.2) is 8.42 Å². The van der Waals surface area contributed by atoms with Gasteiger partial charge < -0.3 is 9.64 Å². The predicted octanol–water partition coefficient (Wildman–Crippen LogP) is 3.68. The molecule has 2 fully saturated rings. The molecule has 0 radical (unpaired) electrons. The Hall–Kier alpha value is -2.38. The number of benzene rings is 2. The third-order valence-electron chi connectivity index (χ3n) is 6.00. The van der Waals surface area contributed by atoms with Crippen LogP contribution in [0, 0.1) is 5.92 Å². The molecular formula is C23H24ClNO5S. The van der Waals surface area contributed by atoms with Crippen LogP contribution in [0.1, 0.15) is 30.7 Å². The van der Waals surface area contributed by atoms with Crippen molar-refractivity contribution in [1.29, 1.82) is 0 Å². The summed E-state index contributed by atoms with van der Waals surface area (Å²) in [5, 5.41) is 0.394. The zero-order valence-electron chi connectivity index (χ0n) is 17.2. The lowest BCUT2D eigenvalue weighted by molar-refractivity contribution is -0.138. The number of likely N-dealkylation sites (tertiary alicyclic amines) is 1. The molecule has 4 rings (SSSR count). The SMILES string of the molecule is CS(=O)(=O)c1ccc(-c2ccc(C3CN(C(=O)CC[C@@H]4COC(=O)C4)C3)cc2)c(Cl)c1.